The molecule has 10 nitrogen and oxygen atoms in total. The molecule has 2 aliphatic rings. The van der Waals surface area contributed by atoms with Gasteiger partial charge < -0.3 is 34.5 Å². The molecular weight excluding hydrogens is 684 g/mol. The van der Waals surface area contributed by atoms with Crippen LogP contribution in [-0.2, 0) is 45.2 Å². The second kappa shape index (κ2) is 19.0. The zero-order valence-electron chi connectivity index (χ0n) is 31.3. The fourth-order valence-corrected chi connectivity index (χ4v) is 7.35. The molecule has 3 atom stereocenters. The molecule has 6 rings (SSSR count). The summed E-state index contributed by atoms with van der Waals surface area (Å²) in [5, 5.41) is 21.5. The Hall–Kier alpha value is -4.74. The third kappa shape index (κ3) is 10.5. The molecule has 0 radical (unpaired) electrons. The minimum Gasteiger partial charge on any atom is -0.493 e. The minimum atomic E-state index is -0.777. The maximum atomic E-state index is 12.5. The van der Waals surface area contributed by atoms with Crippen molar-refractivity contribution in [1.82, 2.24) is 10.2 Å². The van der Waals surface area contributed by atoms with E-state index in [0.29, 0.717) is 25.8 Å². The second-order valence-corrected chi connectivity index (χ2v) is 14.2. The highest BCUT2D eigenvalue weighted by Gasteiger charge is 2.34. The van der Waals surface area contributed by atoms with Crippen LogP contribution in [0.5, 0.6) is 11.5 Å². The molecule has 286 valence electrons. The monoisotopic (exact) mass is 736 g/mol. The number of rotatable bonds is 17. The van der Waals surface area contributed by atoms with Crippen molar-refractivity contribution in [2.45, 2.75) is 89.6 Å². The van der Waals surface area contributed by atoms with Crippen LogP contribution >= 0.6 is 0 Å². The van der Waals surface area contributed by atoms with Gasteiger partial charge in [0, 0.05) is 51.0 Å². The summed E-state index contributed by atoms with van der Waals surface area (Å²) in [5.74, 6) is 0.711. The number of amides is 1. The van der Waals surface area contributed by atoms with Gasteiger partial charge in [-0.3, -0.25) is 14.5 Å². The number of hydrogen-bond donors (Lipinski definition) is 3. The molecule has 1 amide bonds. The highest BCUT2D eigenvalue weighted by Crippen LogP contribution is 2.40. The number of carbonyl (C=O) groups is 2. The zero-order chi connectivity index (χ0) is 37.9. The van der Waals surface area contributed by atoms with Crippen LogP contribution < -0.4 is 14.8 Å². The van der Waals surface area contributed by atoms with Crippen molar-refractivity contribution in [1.29, 1.82) is 0 Å². The van der Waals surface area contributed by atoms with Gasteiger partial charge in [0.25, 0.3) is 0 Å². The lowest BCUT2D eigenvalue weighted by Crippen LogP contribution is -2.41. The molecule has 1 fully saturated rings. The van der Waals surface area contributed by atoms with Gasteiger partial charge in [-0.15, -0.1) is 0 Å². The van der Waals surface area contributed by atoms with Crippen LogP contribution in [0.15, 0.2) is 84.9 Å². The van der Waals surface area contributed by atoms with Crippen molar-refractivity contribution in [3.63, 3.8) is 0 Å². The Balaban J connectivity index is 1.13. The molecule has 1 saturated heterocycles. The maximum absolute atomic E-state index is 12.5. The summed E-state index contributed by atoms with van der Waals surface area (Å²) < 4.78 is 24.6. The Kier molecular flexibility index (Phi) is 13.7. The van der Waals surface area contributed by atoms with Crippen LogP contribution in [0, 0.1) is 0 Å². The maximum Gasteiger partial charge on any atom is 0.303 e. The Labute approximate surface area is 318 Å². The number of unbranched alkanes of at least 4 members (excludes halogenated alkanes) is 3. The Bertz CT molecular complexity index is 1860. The summed E-state index contributed by atoms with van der Waals surface area (Å²) in [5.41, 5.74) is 8.41. The summed E-state index contributed by atoms with van der Waals surface area (Å²) in [4.78, 5) is 25.6. The first kappa shape index (κ1) is 39.0. The van der Waals surface area contributed by atoms with Crippen molar-refractivity contribution in [3.05, 3.63) is 118 Å². The molecule has 0 aromatic heterocycles. The largest absolute Gasteiger partial charge is 0.493 e. The van der Waals surface area contributed by atoms with E-state index in [1.165, 1.54) is 11.1 Å². The van der Waals surface area contributed by atoms with Gasteiger partial charge in [0.15, 0.2) is 17.8 Å². The standard InChI is InChI=1S/C44H52N2O8/c1-51-40-23-35-19-20-46(27-37(35)24-41(40)52-2)28-38-25-39(32-17-15-30(29-47)16-18-32)54-44(53-38)36-12-8-11-34(22-36)33-10-7-9-31(21-33)26-45-42(48)13-5-3-4-6-14-43(49)50/h7-12,15-18,21-24,38-39,44,47H,3-6,13-14,19-20,25-29H2,1-2H3,(H,45,48)(H,49,50). The molecule has 2 heterocycles. The highest BCUT2D eigenvalue weighted by molar-refractivity contribution is 5.76. The number of aliphatic carboxylic acids is 1. The summed E-state index contributed by atoms with van der Waals surface area (Å²) in [6, 6.07) is 28.6. The van der Waals surface area contributed by atoms with E-state index in [4.69, 9.17) is 24.1 Å². The molecular formula is C44H52N2O8. The number of hydrogen-bond acceptors (Lipinski definition) is 8. The highest BCUT2D eigenvalue weighted by atomic mass is 16.7. The Morgan fingerprint density at radius 2 is 1.50 bits per heavy atom. The lowest BCUT2D eigenvalue weighted by Gasteiger charge is -2.39. The van der Waals surface area contributed by atoms with E-state index >= 15 is 0 Å². The molecule has 3 unspecified atom stereocenters. The third-order valence-corrected chi connectivity index (χ3v) is 10.3. The molecule has 54 heavy (non-hydrogen) atoms. The van der Waals surface area contributed by atoms with Crippen LogP contribution in [0.4, 0.5) is 0 Å². The summed E-state index contributed by atoms with van der Waals surface area (Å²) in [7, 11) is 3.34. The number of nitrogens with zero attached hydrogens (tertiary/aromatic N) is 1. The normalized spacial score (nSPS) is 18.5. The molecule has 3 N–H and O–H groups in total. The van der Waals surface area contributed by atoms with Gasteiger partial charge in [0.05, 0.1) is 33.0 Å². The first-order valence-electron chi connectivity index (χ1n) is 19.0. The number of carbonyl (C=O) groups excluding carboxylic acids is 1. The quantitative estimate of drug-likeness (QED) is 0.0945. The van der Waals surface area contributed by atoms with Gasteiger partial charge in [-0.1, -0.05) is 73.5 Å². The number of nitrogens with one attached hydrogen (secondary N) is 1. The average molecular weight is 737 g/mol. The minimum absolute atomic E-state index is 0.00365. The molecule has 0 bridgehead atoms. The van der Waals surface area contributed by atoms with E-state index in [-0.39, 0.29) is 31.1 Å². The molecule has 0 saturated carbocycles. The number of carboxylic acids is 1. The smallest absolute Gasteiger partial charge is 0.303 e. The van der Waals surface area contributed by atoms with Gasteiger partial charge in [0.2, 0.25) is 5.91 Å². The summed E-state index contributed by atoms with van der Waals surface area (Å²) in [6.45, 7) is 2.87. The van der Waals surface area contributed by atoms with Gasteiger partial charge in [-0.2, -0.15) is 0 Å². The van der Waals surface area contributed by atoms with Crippen LogP contribution in [-0.4, -0.2) is 60.4 Å². The van der Waals surface area contributed by atoms with Crippen molar-refractivity contribution in [2.24, 2.45) is 0 Å². The Morgan fingerprint density at radius 1 is 0.796 bits per heavy atom. The van der Waals surface area contributed by atoms with Crippen molar-refractivity contribution in [3.8, 4) is 22.6 Å². The first-order valence-corrected chi connectivity index (χ1v) is 19.0. The van der Waals surface area contributed by atoms with E-state index < -0.39 is 12.3 Å². The molecule has 2 aliphatic heterocycles. The van der Waals surface area contributed by atoms with Crippen LogP contribution in [0.25, 0.3) is 11.1 Å². The van der Waals surface area contributed by atoms with Crippen molar-refractivity contribution >= 4 is 11.9 Å². The second-order valence-electron chi connectivity index (χ2n) is 14.2. The van der Waals surface area contributed by atoms with Gasteiger partial charge >= 0.3 is 5.97 Å². The number of carboxylic acid groups (broad SMARTS) is 1. The predicted octanol–water partition coefficient (Wildman–Crippen LogP) is 7.51. The number of aliphatic hydroxyl groups is 1. The number of aliphatic hydroxyl groups excluding tert-OH is 1. The van der Waals surface area contributed by atoms with E-state index in [2.05, 4.69) is 46.6 Å². The summed E-state index contributed by atoms with van der Waals surface area (Å²) in [6.07, 6.45) is 4.40. The van der Waals surface area contributed by atoms with E-state index in [1.807, 2.05) is 48.5 Å². The predicted molar refractivity (Wildman–Crippen MR) is 206 cm³/mol. The lowest BCUT2D eigenvalue weighted by molar-refractivity contribution is -0.253. The van der Waals surface area contributed by atoms with Crippen LogP contribution in [0.2, 0.25) is 0 Å². The van der Waals surface area contributed by atoms with Gasteiger partial charge in [-0.25, -0.2) is 0 Å². The van der Waals surface area contributed by atoms with E-state index in [0.717, 1.165) is 90.2 Å². The number of methoxy groups -OCH3 is 2. The van der Waals surface area contributed by atoms with Crippen molar-refractivity contribution in [2.75, 3.05) is 27.3 Å². The number of ether oxygens (including phenoxy) is 4. The van der Waals surface area contributed by atoms with Crippen LogP contribution in [0.3, 0.4) is 0 Å². The molecule has 10 heteroatoms. The Morgan fingerprint density at radius 3 is 2.22 bits per heavy atom. The third-order valence-electron chi connectivity index (χ3n) is 10.3. The molecule has 4 aromatic carbocycles. The SMILES string of the molecule is COc1cc2c(cc1OC)CN(CC1CC(c3ccc(CO)cc3)OC(c3cccc(-c4cccc(CNC(=O)CCCCCCC(=O)O)c4)c3)O1)CC2. The lowest BCUT2D eigenvalue weighted by atomic mass is 9.96. The number of benzene rings is 4. The molecule has 4 aromatic rings. The van der Waals surface area contributed by atoms with Crippen LogP contribution in [0.1, 0.15) is 90.7 Å². The zero-order valence-corrected chi connectivity index (χ0v) is 31.3. The molecule has 0 aliphatic carbocycles. The fourth-order valence-electron chi connectivity index (χ4n) is 7.35. The van der Waals surface area contributed by atoms with Gasteiger partial charge in [-0.05, 0) is 82.5 Å². The molecule has 0 spiro atoms. The summed E-state index contributed by atoms with van der Waals surface area (Å²) >= 11 is 0. The topological polar surface area (TPSA) is 127 Å². The van der Waals surface area contributed by atoms with E-state index in [9.17, 15) is 14.7 Å². The number of fused-ring (bicyclic) bond motifs is 1. The first-order chi connectivity index (χ1) is 26.3. The van der Waals surface area contributed by atoms with Crippen molar-refractivity contribution < 1.29 is 38.7 Å². The van der Waals surface area contributed by atoms with Gasteiger partial charge in [0.1, 0.15) is 0 Å². The van der Waals surface area contributed by atoms with E-state index in [1.54, 1.807) is 14.2 Å². The average Bonchev–Trinajstić information content (AvgIpc) is 3.20. The fraction of sp³-hybridized carbons (Fsp3) is 0.409.